The summed E-state index contributed by atoms with van der Waals surface area (Å²) in [5, 5.41) is 0. The van der Waals surface area contributed by atoms with Gasteiger partial charge in [0.1, 0.15) is 5.82 Å². The van der Waals surface area contributed by atoms with Gasteiger partial charge in [-0.3, -0.25) is 0 Å². The number of aryl methyl sites for hydroxylation is 1. The second kappa shape index (κ2) is 6.05. The minimum Gasteiger partial charge on any atom is -0.395 e. The molecule has 25 heavy (non-hydrogen) atoms. The normalized spacial score (nSPS) is 15.5. The molecule has 2 aromatic rings. The maximum absolute atomic E-state index is 14.2. The predicted octanol–water partition coefficient (Wildman–Crippen LogP) is 5.78. The Morgan fingerprint density at radius 2 is 1.72 bits per heavy atom. The van der Waals surface area contributed by atoms with Crippen LogP contribution in [0.2, 0.25) is 0 Å². The first-order valence-corrected chi connectivity index (χ1v) is 7.93. The average Bonchev–Trinajstić information content (AvgIpc) is 2.78. The predicted molar refractivity (Wildman–Crippen MR) is 79.6 cm³/mol. The van der Waals surface area contributed by atoms with Gasteiger partial charge in [-0.05, 0) is 42.3 Å². The summed E-state index contributed by atoms with van der Waals surface area (Å²) in [5.74, 6) is -2.27. The molecule has 0 fully saturated rings. The van der Waals surface area contributed by atoms with Gasteiger partial charge in [-0.1, -0.05) is 6.07 Å². The molecule has 2 aromatic carbocycles. The first kappa shape index (κ1) is 17.8. The summed E-state index contributed by atoms with van der Waals surface area (Å²) in [5.41, 5.74) is 0.520. The quantitative estimate of drug-likeness (QED) is 0.497. The van der Waals surface area contributed by atoms with Crippen molar-refractivity contribution in [3.05, 3.63) is 41.7 Å². The van der Waals surface area contributed by atoms with Crippen LogP contribution in [0.3, 0.4) is 0 Å². The zero-order valence-electron chi connectivity index (χ0n) is 12.6. The molecule has 0 bridgehead atoms. The van der Waals surface area contributed by atoms with Crippen LogP contribution < -0.4 is 9.47 Å². The maximum atomic E-state index is 14.2. The van der Waals surface area contributed by atoms with E-state index in [-0.39, 0.29) is 27.5 Å². The first-order chi connectivity index (χ1) is 11.5. The van der Waals surface area contributed by atoms with Crippen molar-refractivity contribution in [1.29, 1.82) is 0 Å². The third-order valence-corrected chi connectivity index (χ3v) is 4.59. The summed E-state index contributed by atoms with van der Waals surface area (Å²) in [4.78, 5) is 0.247. The summed E-state index contributed by atoms with van der Waals surface area (Å²) >= 11 is 0.529. The molecule has 0 saturated carbocycles. The van der Waals surface area contributed by atoms with Gasteiger partial charge in [0.05, 0.1) is 5.75 Å². The molecule has 1 heterocycles. The van der Waals surface area contributed by atoms with E-state index in [1.165, 1.54) is 25.1 Å². The molecule has 0 radical (unpaired) electrons. The molecule has 0 amide bonds. The van der Waals surface area contributed by atoms with E-state index in [4.69, 9.17) is 0 Å². The number of thioether (sulfide) groups is 1. The highest BCUT2D eigenvalue weighted by molar-refractivity contribution is 7.99. The van der Waals surface area contributed by atoms with E-state index < -0.39 is 24.0 Å². The monoisotopic (exact) mass is 380 g/mol. The number of alkyl halides is 5. The van der Waals surface area contributed by atoms with E-state index in [1.807, 2.05) is 0 Å². The summed E-state index contributed by atoms with van der Waals surface area (Å²) in [6.45, 7) is 1.49. The molecule has 0 aliphatic carbocycles. The van der Waals surface area contributed by atoms with Crippen molar-refractivity contribution in [1.82, 2.24) is 0 Å². The first-order valence-electron chi connectivity index (χ1n) is 6.94. The maximum Gasteiger partial charge on any atom is 0.586 e. The Bertz CT molecular complexity index is 819. The van der Waals surface area contributed by atoms with Crippen LogP contribution in [0.4, 0.5) is 26.3 Å². The molecule has 9 heteroatoms. The Morgan fingerprint density at radius 1 is 1.04 bits per heavy atom. The van der Waals surface area contributed by atoms with Gasteiger partial charge in [0, 0.05) is 10.5 Å². The number of hydrogen-bond donors (Lipinski definition) is 0. The van der Waals surface area contributed by atoms with E-state index >= 15 is 0 Å². The van der Waals surface area contributed by atoms with Crippen LogP contribution in [-0.2, 0) is 0 Å². The number of halogens is 6. The lowest BCUT2D eigenvalue weighted by atomic mass is 10.0. The van der Waals surface area contributed by atoms with Crippen LogP contribution in [0.5, 0.6) is 11.5 Å². The highest BCUT2D eigenvalue weighted by atomic mass is 32.2. The van der Waals surface area contributed by atoms with Crippen molar-refractivity contribution < 1.29 is 35.8 Å². The second-order valence-corrected chi connectivity index (χ2v) is 6.35. The van der Waals surface area contributed by atoms with Crippen molar-refractivity contribution in [2.45, 2.75) is 24.3 Å². The fourth-order valence-electron chi connectivity index (χ4n) is 2.31. The fraction of sp³-hybridized carbons (Fsp3) is 0.250. The Morgan fingerprint density at radius 3 is 2.40 bits per heavy atom. The van der Waals surface area contributed by atoms with Gasteiger partial charge in [-0.15, -0.1) is 20.5 Å². The van der Waals surface area contributed by atoms with Crippen molar-refractivity contribution in [2.75, 3.05) is 5.75 Å². The van der Waals surface area contributed by atoms with Crippen LogP contribution in [-0.4, -0.2) is 18.2 Å². The molecule has 0 spiro atoms. The van der Waals surface area contributed by atoms with E-state index in [0.717, 1.165) is 12.1 Å². The van der Waals surface area contributed by atoms with Gasteiger partial charge in [-0.2, -0.15) is 13.2 Å². The zero-order chi connectivity index (χ0) is 18.4. The molecule has 3 rings (SSSR count). The van der Waals surface area contributed by atoms with Gasteiger partial charge in [0.25, 0.3) is 0 Å². The molecule has 0 unspecified atom stereocenters. The number of ether oxygens (including phenoxy) is 2. The van der Waals surface area contributed by atoms with Crippen LogP contribution in [0, 0.1) is 12.7 Å². The molecule has 1 aliphatic heterocycles. The Hall–Kier alpha value is -2.03. The van der Waals surface area contributed by atoms with Crippen molar-refractivity contribution >= 4 is 11.8 Å². The molecule has 1 aliphatic rings. The van der Waals surface area contributed by atoms with E-state index in [9.17, 15) is 26.3 Å². The summed E-state index contributed by atoms with van der Waals surface area (Å²) in [7, 11) is 0. The zero-order valence-corrected chi connectivity index (χ0v) is 13.4. The van der Waals surface area contributed by atoms with E-state index in [0.29, 0.717) is 17.3 Å². The molecule has 0 atom stereocenters. The van der Waals surface area contributed by atoms with Crippen molar-refractivity contribution in [3.63, 3.8) is 0 Å². The summed E-state index contributed by atoms with van der Waals surface area (Å²) < 4.78 is 86.1. The Kier molecular flexibility index (Phi) is 4.30. The smallest absolute Gasteiger partial charge is 0.395 e. The SMILES string of the molecule is Cc1cc(F)c(-c2ccc3c(c2)OC(F)(F)O3)cc1SCC(F)(F)F. The Labute approximate surface area is 142 Å². The van der Waals surface area contributed by atoms with Crippen LogP contribution in [0.25, 0.3) is 11.1 Å². The van der Waals surface area contributed by atoms with Gasteiger partial charge in [-0.25, -0.2) is 4.39 Å². The molecule has 0 saturated heterocycles. The summed E-state index contributed by atoms with van der Waals surface area (Å²) in [6, 6.07) is 6.04. The molecule has 2 nitrogen and oxygen atoms in total. The standard InChI is InChI=1S/C16H10F6O2S/c1-8-4-11(17)10(6-14(8)25-7-15(18,19)20)9-2-3-12-13(5-9)24-16(21,22)23-12/h2-6H,7H2,1H3. The number of fused-ring (bicyclic) bond motifs is 1. The molecular formula is C16H10F6O2S. The average molecular weight is 380 g/mol. The molecule has 0 N–H and O–H groups in total. The van der Waals surface area contributed by atoms with Crippen molar-refractivity contribution in [2.24, 2.45) is 0 Å². The van der Waals surface area contributed by atoms with Crippen LogP contribution >= 0.6 is 11.8 Å². The minimum absolute atomic E-state index is 0.0168. The highest BCUT2D eigenvalue weighted by Gasteiger charge is 2.43. The van der Waals surface area contributed by atoms with Gasteiger partial charge >= 0.3 is 12.5 Å². The lowest BCUT2D eigenvalue weighted by Gasteiger charge is -2.12. The largest absolute Gasteiger partial charge is 0.586 e. The topological polar surface area (TPSA) is 18.5 Å². The summed E-state index contributed by atoms with van der Waals surface area (Å²) in [6.07, 6.45) is -8.17. The third kappa shape index (κ3) is 3.97. The lowest BCUT2D eigenvalue weighted by molar-refractivity contribution is -0.286. The fourth-order valence-corrected chi connectivity index (χ4v) is 3.11. The lowest BCUT2D eigenvalue weighted by Crippen LogP contribution is -2.25. The second-order valence-electron chi connectivity index (χ2n) is 5.33. The van der Waals surface area contributed by atoms with Gasteiger partial charge in [0.15, 0.2) is 11.5 Å². The number of hydrogen-bond acceptors (Lipinski definition) is 3. The number of benzene rings is 2. The molecular weight excluding hydrogens is 370 g/mol. The third-order valence-electron chi connectivity index (χ3n) is 3.37. The minimum atomic E-state index is -4.37. The van der Waals surface area contributed by atoms with Crippen molar-refractivity contribution in [3.8, 4) is 22.6 Å². The molecule has 134 valence electrons. The molecule has 0 aromatic heterocycles. The highest BCUT2D eigenvalue weighted by Crippen LogP contribution is 2.44. The van der Waals surface area contributed by atoms with Crippen LogP contribution in [0.1, 0.15) is 5.56 Å². The van der Waals surface area contributed by atoms with E-state index in [1.54, 1.807) is 0 Å². The van der Waals surface area contributed by atoms with E-state index in [2.05, 4.69) is 9.47 Å². The van der Waals surface area contributed by atoms with Crippen LogP contribution in [0.15, 0.2) is 35.2 Å². The van der Waals surface area contributed by atoms with Gasteiger partial charge < -0.3 is 9.47 Å². The Balaban J connectivity index is 1.95. The number of rotatable bonds is 3. The van der Waals surface area contributed by atoms with Gasteiger partial charge in [0.2, 0.25) is 0 Å².